The fourth-order valence-corrected chi connectivity index (χ4v) is 1.98. The van der Waals surface area contributed by atoms with E-state index in [1.807, 2.05) is 0 Å². The molecule has 24 heavy (non-hydrogen) atoms. The molecule has 0 heterocycles. The van der Waals surface area contributed by atoms with Gasteiger partial charge in [0.25, 0.3) is 5.69 Å². The number of hydrogen-bond donors (Lipinski definition) is 3. The molecule has 2 aromatic carbocycles. The summed E-state index contributed by atoms with van der Waals surface area (Å²) in [5.74, 6) is -0.186. The smallest absolute Gasteiger partial charge is 0.323 e. The topological polar surface area (TPSA) is 113 Å². The number of carbonyl (C=O) groups is 2. The molecule has 0 aliphatic heterocycles. The van der Waals surface area contributed by atoms with E-state index in [4.69, 9.17) is 0 Å². The Balaban J connectivity index is 2.04. The second kappa shape index (κ2) is 7.23. The van der Waals surface area contributed by atoms with Crippen LogP contribution in [0.5, 0.6) is 0 Å². The van der Waals surface area contributed by atoms with Gasteiger partial charge in [-0.3, -0.25) is 14.9 Å². The Kier molecular flexibility index (Phi) is 5.10. The molecule has 2 rings (SSSR count). The van der Waals surface area contributed by atoms with E-state index in [1.54, 1.807) is 37.3 Å². The molecule has 0 aliphatic rings. The van der Waals surface area contributed by atoms with Gasteiger partial charge in [0.1, 0.15) is 0 Å². The number of anilines is 3. The average molecular weight is 328 g/mol. The van der Waals surface area contributed by atoms with Crippen molar-refractivity contribution in [2.75, 3.05) is 16.0 Å². The zero-order chi connectivity index (χ0) is 17.7. The van der Waals surface area contributed by atoms with Crippen molar-refractivity contribution in [2.45, 2.75) is 13.8 Å². The van der Waals surface area contributed by atoms with E-state index in [-0.39, 0.29) is 11.6 Å². The maximum Gasteiger partial charge on any atom is 0.323 e. The molecule has 0 spiro atoms. The van der Waals surface area contributed by atoms with Gasteiger partial charge in [0, 0.05) is 30.4 Å². The largest absolute Gasteiger partial charge is 0.326 e. The van der Waals surface area contributed by atoms with Crippen LogP contribution in [0.25, 0.3) is 0 Å². The van der Waals surface area contributed by atoms with E-state index in [2.05, 4.69) is 16.0 Å². The van der Waals surface area contributed by atoms with Crippen molar-refractivity contribution in [3.8, 4) is 0 Å². The molecule has 0 aromatic heterocycles. The number of rotatable bonds is 4. The lowest BCUT2D eigenvalue weighted by atomic mass is 10.2. The maximum atomic E-state index is 12.0. The van der Waals surface area contributed by atoms with Gasteiger partial charge in [0.15, 0.2) is 0 Å². The number of nitro benzene ring substituents is 1. The Morgan fingerprint density at radius 2 is 1.54 bits per heavy atom. The van der Waals surface area contributed by atoms with Gasteiger partial charge in [-0.1, -0.05) is 6.07 Å². The van der Waals surface area contributed by atoms with Crippen LogP contribution in [0.4, 0.5) is 27.5 Å². The third-order valence-electron chi connectivity index (χ3n) is 3.14. The van der Waals surface area contributed by atoms with Crippen molar-refractivity contribution in [3.63, 3.8) is 0 Å². The summed E-state index contributed by atoms with van der Waals surface area (Å²) in [5, 5.41) is 18.6. The van der Waals surface area contributed by atoms with Gasteiger partial charge in [-0.05, 0) is 36.8 Å². The molecule has 8 heteroatoms. The first kappa shape index (κ1) is 16.9. The summed E-state index contributed by atoms with van der Waals surface area (Å²) in [5.41, 5.74) is 2.09. The average Bonchev–Trinajstić information content (AvgIpc) is 2.50. The normalized spacial score (nSPS) is 9.92. The molecule has 0 fully saturated rings. The number of nitrogens with one attached hydrogen (secondary N) is 3. The lowest BCUT2D eigenvalue weighted by Crippen LogP contribution is -2.20. The summed E-state index contributed by atoms with van der Waals surface area (Å²) in [6.45, 7) is 3.14. The van der Waals surface area contributed by atoms with Gasteiger partial charge in [-0.15, -0.1) is 0 Å². The summed E-state index contributed by atoms with van der Waals surface area (Å²) in [6, 6.07) is 10.3. The van der Waals surface area contributed by atoms with Crippen LogP contribution in [-0.2, 0) is 4.79 Å². The maximum absolute atomic E-state index is 12.0. The molecule has 0 radical (unpaired) electrons. The molecule has 8 nitrogen and oxygen atoms in total. The van der Waals surface area contributed by atoms with E-state index in [0.29, 0.717) is 22.6 Å². The van der Waals surface area contributed by atoms with Crippen LogP contribution < -0.4 is 16.0 Å². The van der Waals surface area contributed by atoms with E-state index in [9.17, 15) is 19.7 Å². The Morgan fingerprint density at radius 1 is 0.958 bits per heavy atom. The molecule has 0 saturated heterocycles. The van der Waals surface area contributed by atoms with Crippen molar-refractivity contribution in [3.05, 3.63) is 58.1 Å². The molecule has 0 bridgehead atoms. The highest BCUT2D eigenvalue weighted by atomic mass is 16.6. The minimum absolute atomic E-state index is 0.101. The molecular weight excluding hydrogens is 312 g/mol. The number of carbonyl (C=O) groups excluding carboxylic acids is 2. The molecule has 124 valence electrons. The summed E-state index contributed by atoms with van der Waals surface area (Å²) in [7, 11) is 0. The third kappa shape index (κ3) is 4.54. The first-order chi connectivity index (χ1) is 11.3. The van der Waals surface area contributed by atoms with Gasteiger partial charge < -0.3 is 16.0 Å². The lowest BCUT2D eigenvalue weighted by Gasteiger charge is -2.10. The van der Waals surface area contributed by atoms with Crippen LogP contribution in [0.2, 0.25) is 0 Å². The minimum atomic E-state index is -0.525. The van der Waals surface area contributed by atoms with Crippen LogP contribution in [0.3, 0.4) is 0 Å². The third-order valence-corrected chi connectivity index (χ3v) is 3.14. The van der Waals surface area contributed by atoms with Gasteiger partial charge >= 0.3 is 6.03 Å². The monoisotopic (exact) mass is 328 g/mol. The van der Waals surface area contributed by atoms with E-state index in [0.717, 1.165) is 0 Å². The highest BCUT2D eigenvalue weighted by Crippen LogP contribution is 2.22. The Bertz CT molecular complexity index is 787. The van der Waals surface area contributed by atoms with E-state index in [1.165, 1.54) is 19.1 Å². The van der Waals surface area contributed by atoms with E-state index >= 15 is 0 Å². The van der Waals surface area contributed by atoms with Gasteiger partial charge in [0.2, 0.25) is 5.91 Å². The SMILES string of the molecule is CC(=O)Nc1ccc(NC(=O)Nc2cc([N+](=O)[O-])ccc2C)cc1. The fraction of sp³-hybridized carbons (Fsp3) is 0.125. The minimum Gasteiger partial charge on any atom is -0.326 e. The van der Waals surface area contributed by atoms with Gasteiger partial charge in [-0.2, -0.15) is 0 Å². The lowest BCUT2D eigenvalue weighted by molar-refractivity contribution is -0.384. The van der Waals surface area contributed by atoms with Crippen molar-refractivity contribution in [2.24, 2.45) is 0 Å². The first-order valence-electron chi connectivity index (χ1n) is 7.06. The van der Waals surface area contributed by atoms with Gasteiger partial charge in [-0.25, -0.2) is 4.79 Å². The molecule has 0 saturated carbocycles. The number of hydrogen-bond acceptors (Lipinski definition) is 4. The van der Waals surface area contributed by atoms with Crippen LogP contribution in [0.15, 0.2) is 42.5 Å². The van der Waals surface area contributed by atoms with Crippen molar-refractivity contribution in [1.82, 2.24) is 0 Å². The Morgan fingerprint density at radius 3 is 2.08 bits per heavy atom. The predicted octanol–water partition coefficient (Wildman–Crippen LogP) is 3.51. The fourth-order valence-electron chi connectivity index (χ4n) is 1.98. The summed E-state index contributed by atoms with van der Waals surface area (Å²) in [6.07, 6.45) is 0. The Labute approximate surface area is 138 Å². The van der Waals surface area contributed by atoms with Gasteiger partial charge in [0.05, 0.1) is 10.6 Å². The summed E-state index contributed by atoms with van der Waals surface area (Å²) < 4.78 is 0. The van der Waals surface area contributed by atoms with Crippen molar-refractivity contribution in [1.29, 1.82) is 0 Å². The summed E-state index contributed by atoms with van der Waals surface area (Å²) >= 11 is 0. The van der Waals surface area contributed by atoms with E-state index < -0.39 is 11.0 Å². The number of aryl methyl sites for hydroxylation is 1. The highest BCUT2D eigenvalue weighted by Gasteiger charge is 2.11. The second-order valence-electron chi connectivity index (χ2n) is 5.09. The number of nitro groups is 1. The quantitative estimate of drug-likeness (QED) is 0.588. The number of benzene rings is 2. The number of nitrogens with zero attached hydrogens (tertiary/aromatic N) is 1. The Hall–Kier alpha value is -3.42. The first-order valence-corrected chi connectivity index (χ1v) is 7.06. The standard InChI is InChI=1S/C16H16N4O4/c1-10-3-8-14(20(23)24)9-15(10)19-16(22)18-13-6-4-12(5-7-13)17-11(2)21/h3-9H,1-2H3,(H,17,21)(H2,18,19,22). The molecule has 0 unspecified atom stereocenters. The molecule has 2 aromatic rings. The van der Waals surface area contributed by atoms with Crippen LogP contribution in [-0.4, -0.2) is 16.9 Å². The predicted molar refractivity (Wildman–Crippen MR) is 91.2 cm³/mol. The number of amides is 3. The molecule has 3 N–H and O–H groups in total. The van der Waals surface area contributed by atoms with Crippen LogP contribution in [0, 0.1) is 17.0 Å². The summed E-state index contributed by atoms with van der Waals surface area (Å²) in [4.78, 5) is 33.2. The zero-order valence-corrected chi connectivity index (χ0v) is 13.1. The molecule has 3 amide bonds. The van der Waals surface area contributed by atoms with Crippen molar-refractivity contribution >= 4 is 34.7 Å². The molecular formula is C16H16N4O4. The highest BCUT2D eigenvalue weighted by molar-refractivity contribution is 6.00. The molecule has 0 aliphatic carbocycles. The number of non-ortho nitro benzene ring substituents is 1. The second-order valence-corrected chi connectivity index (χ2v) is 5.09. The van der Waals surface area contributed by atoms with Crippen molar-refractivity contribution < 1.29 is 14.5 Å². The van der Waals surface area contributed by atoms with Crippen LogP contribution >= 0.6 is 0 Å². The zero-order valence-electron chi connectivity index (χ0n) is 13.1. The molecule has 0 atom stereocenters. The number of urea groups is 1. The van der Waals surface area contributed by atoms with Crippen LogP contribution in [0.1, 0.15) is 12.5 Å².